The summed E-state index contributed by atoms with van der Waals surface area (Å²) in [5, 5.41) is 2.23. The molecule has 0 atom stereocenters. The number of para-hydroxylation sites is 1. The molecule has 0 bridgehead atoms. The average molecular weight is 185 g/mol. The van der Waals surface area contributed by atoms with Gasteiger partial charge in [0.1, 0.15) is 5.36 Å². The third-order valence-electron chi connectivity index (χ3n) is 2.52. The van der Waals surface area contributed by atoms with Gasteiger partial charge in [-0.15, -0.1) is 0 Å². The maximum absolute atomic E-state index is 4.55. The molecule has 0 radical (unpaired) electrons. The summed E-state index contributed by atoms with van der Waals surface area (Å²) in [5.74, 6) is 0. The Labute approximate surface area is 81.2 Å². The minimum atomic E-state index is 0.878. The number of nitrogens with one attached hydrogen (secondary N) is 1. The highest BCUT2D eigenvalue weighted by Gasteiger charge is 2.02. The number of benzene rings is 1. The summed E-state index contributed by atoms with van der Waals surface area (Å²) in [7, 11) is 0. The van der Waals surface area contributed by atoms with Crippen molar-refractivity contribution in [1.82, 2.24) is 4.98 Å². The highest BCUT2D eigenvalue weighted by atomic mass is 14.9. The molecule has 14 heavy (non-hydrogen) atoms. The summed E-state index contributed by atoms with van der Waals surface area (Å²) in [6.45, 7) is 1.77. The van der Waals surface area contributed by atoms with E-state index in [2.05, 4.69) is 27.1 Å². The maximum Gasteiger partial charge on any atom is 0.152 e. The fourth-order valence-electron chi connectivity index (χ4n) is 1.84. The van der Waals surface area contributed by atoms with Gasteiger partial charge in [0.25, 0.3) is 0 Å². The molecule has 1 aromatic carbocycles. The van der Waals surface area contributed by atoms with Gasteiger partial charge in [0.2, 0.25) is 0 Å². The normalized spacial score (nSPS) is 15.4. The van der Waals surface area contributed by atoms with Gasteiger partial charge in [-0.2, -0.15) is 0 Å². The Hall–Kier alpha value is -1.64. The maximum atomic E-state index is 4.55. The number of hydrogen-bond donors (Lipinski definition) is 1. The zero-order valence-electron chi connectivity index (χ0n) is 7.83. The van der Waals surface area contributed by atoms with Crippen LogP contribution in [0.1, 0.15) is 6.42 Å². The molecule has 2 heterocycles. The molecule has 1 aliphatic rings. The lowest BCUT2D eigenvalue weighted by atomic mass is 10.2. The van der Waals surface area contributed by atoms with Crippen molar-refractivity contribution < 1.29 is 0 Å². The van der Waals surface area contributed by atoms with Crippen LogP contribution in [0.4, 0.5) is 0 Å². The van der Waals surface area contributed by atoms with Crippen LogP contribution in [0.2, 0.25) is 0 Å². The summed E-state index contributed by atoms with van der Waals surface area (Å²) in [4.78, 5) is 12.3. The van der Waals surface area contributed by atoms with E-state index in [4.69, 9.17) is 0 Å². The van der Waals surface area contributed by atoms with Crippen LogP contribution < -0.4 is 10.8 Å². The lowest BCUT2D eigenvalue weighted by Gasteiger charge is -1.87. The number of hydrogen-bond acceptors (Lipinski definition) is 2. The van der Waals surface area contributed by atoms with Gasteiger partial charge in [-0.1, -0.05) is 18.2 Å². The van der Waals surface area contributed by atoms with Crippen molar-refractivity contribution in [2.45, 2.75) is 6.42 Å². The van der Waals surface area contributed by atoms with Crippen molar-refractivity contribution >= 4 is 10.9 Å². The Morgan fingerprint density at radius 3 is 2.93 bits per heavy atom. The van der Waals surface area contributed by atoms with E-state index in [1.165, 1.54) is 5.39 Å². The van der Waals surface area contributed by atoms with Crippen LogP contribution in [0.15, 0.2) is 34.3 Å². The average Bonchev–Trinajstić information content (AvgIpc) is 2.42. The monoisotopic (exact) mass is 185 g/mol. The first-order chi connectivity index (χ1) is 6.95. The number of rotatable bonds is 0. The zero-order valence-corrected chi connectivity index (χ0v) is 7.83. The minimum absolute atomic E-state index is 0.878. The summed E-state index contributed by atoms with van der Waals surface area (Å²) >= 11 is 0. The fourth-order valence-corrected chi connectivity index (χ4v) is 1.84. The largest absolute Gasteiger partial charge is 0.338 e. The minimum Gasteiger partial charge on any atom is -0.338 e. The number of nitrogens with zero attached hydrogens (tertiary/aromatic N) is 2. The van der Waals surface area contributed by atoms with E-state index in [0.29, 0.717) is 0 Å². The predicted molar refractivity (Wildman–Crippen MR) is 55.0 cm³/mol. The predicted octanol–water partition coefficient (Wildman–Crippen LogP) is 0.811. The second kappa shape index (κ2) is 2.94. The van der Waals surface area contributed by atoms with Gasteiger partial charge in [-0.3, -0.25) is 9.98 Å². The van der Waals surface area contributed by atoms with E-state index < -0.39 is 0 Å². The number of aromatic nitrogens is 1. The van der Waals surface area contributed by atoms with Gasteiger partial charge in [0.15, 0.2) is 5.49 Å². The van der Waals surface area contributed by atoms with Gasteiger partial charge in [0, 0.05) is 24.0 Å². The van der Waals surface area contributed by atoms with E-state index in [-0.39, 0.29) is 0 Å². The van der Waals surface area contributed by atoms with E-state index in [9.17, 15) is 0 Å². The molecule has 0 spiro atoms. The van der Waals surface area contributed by atoms with Gasteiger partial charge >= 0.3 is 0 Å². The fraction of sp³-hybridized carbons (Fsp3) is 0.273. The molecule has 3 heteroatoms. The van der Waals surface area contributed by atoms with Gasteiger partial charge in [-0.25, -0.2) is 0 Å². The number of aromatic amines is 1. The van der Waals surface area contributed by atoms with Crippen LogP contribution in [-0.4, -0.2) is 18.1 Å². The molecule has 0 amide bonds. The highest BCUT2D eigenvalue weighted by Crippen LogP contribution is 2.03. The second-order valence-corrected chi connectivity index (χ2v) is 3.48. The Kier molecular flexibility index (Phi) is 1.63. The van der Waals surface area contributed by atoms with Gasteiger partial charge in [-0.05, 0) is 12.5 Å². The van der Waals surface area contributed by atoms with Crippen LogP contribution in [0.5, 0.6) is 0 Å². The second-order valence-electron chi connectivity index (χ2n) is 3.48. The van der Waals surface area contributed by atoms with E-state index >= 15 is 0 Å². The lowest BCUT2D eigenvalue weighted by molar-refractivity contribution is 0.838. The van der Waals surface area contributed by atoms with Crippen LogP contribution in [0.3, 0.4) is 0 Å². The quantitative estimate of drug-likeness (QED) is 0.631. The van der Waals surface area contributed by atoms with Crippen molar-refractivity contribution in [3.63, 3.8) is 0 Å². The first kappa shape index (κ1) is 7.74. The molecule has 3 nitrogen and oxygen atoms in total. The Bertz CT molecular complexity index is 580. The first-order valence-corrected chi connectivity index (χ1v) is 4.91. The summed E-state index contributed by atoms with van der Waals surface area (Å²) < 4.78 is 0. The lowest BCUT2D eigenvalue weighted by Crippen LogP contribution is -2.22. The molecule has 1 aliphatic heterocycles. The zero-order chi connectivity index (χ0) is 9.38. The van der Waals surface area contributed by atoms with Crippen LogP contribution in [0.25, 0.3) is 10.9 Å². The molecule has 0 aliphatic carbocycles. The molecule has 0 saturated heterocycles. The van der Waals surface area contributed by atoms with E-state index in [1.54, 1.807) is 0 Å². The molecular formula is C11H11N3. The summed E-state index contributed by atoms with van der Waals surface area (Å²) in [6, 6.07) is 8.22. The highest BCUT2D eigenvalue weighted by molar-refractivity contribution is 5.78. The summed E-state index contributed by atoms with van der Waals surface area (Å²) in [6.07, 6.45) is 1.05. The Balaban J connectivity index is 2.53. The third-order valence-corrected chi connectivity index (χ3v) is 2.52. The molecule has 1 N–H and O–H groups in total. The van der Waals surface area contributed by atoms with Crippen LogP contribution in [0, 0.1) is 0 Å². The molecule has 1 aromatic heterocycles. The molecule has 3 rings (SSSR count). The topological polar surface area (TPSA) is 40.5 Å². The SMILES string of the molecule is c1ccc2c3c([nH]c2c1)=NCCCN=3. The smallest absolute Gasteiger partial charge is 0.152 e. The van der Waals surface area contributed by atoms with Gasteiger partial charge in [0.05, 0.1) is 0 Å². The van der Waals surface area contributed by atoms with Crippen molar-refractivity contribution in [2.75, 3.05) is 13.1 Å². The first-order valence-electron chi connectivity index (χ1n) is 4.91. The van der Waals surface area contributed by atoms with Crippen molar-refractivity contribution in [2.24, 2.45) is 9.98 Å². The molecule has 70 valence electrons. The van der Waals surface area contributed by atoms with Crippen molar-refractivity contribution in [3.05, 3.63) is 35.1 Å². The molecule has 0 unspecified atom stereocenters. The van der Waals surface area contributed by atoms with E-state index in [1.807, 2.05) is 12.1 Å². The molecular weight excluding hydrogens is 174 g/mol. The third kappa shape index (κ3) is 1.05. The van der Waals surface area contributed by atoms with Crippen molar-refractivity contribution in [3.8, 4) is 0 Å². The summed E-state index contributed by atoms with van der Waals surface area (Å²) in [5.41, 5.74) is 2.08. The van der Waals surface area contributed by atoms with Crippen LogP contribution in [-0.2, 0) is 0 Å². The molecule has 0 saturated carbocycles. The van der Waals surface area contributed by atoms with E-state index in [0.717, 1.165) is 35.9 Å². The Morgan fingerprint density at radius 2 is 1.93 bits per heavy atom. The standard InChI is InChI=1S/C11H11N3/c1-2-5-9-8(4-1)10-11(14-9)13-7-3-6-12-10/h1-2,4-5H,3,6-7H2,(H,13,14). The number of fused-ring (bicyclic) bond motifs is 3. The molecule has 0 fully saturated rings. The van der Waals surface area contributed by atoms with Crippen LogP contribution >= 0.6 is 0 Å². The van der Waals surface area contributed by atoms with Gasteiger partial charge < -0.3 is 4.98 Å². The Morgan fingerprint density at radius 1 is 1.07 bits per heavy atom. The molecule has 2 aromatic rings. The number of H-pyrrole nitrogens is 1. The van der Waals surface area contributed by atoms with Crippen molar-refractivity contribution in [1.29, 1.82) is 0 Å².